The molecule has 0 aliphatic heterocycles. The fourth-order valence-electron chi connectivity index (χ4n) is 2.77. The van der Waals surface area contributed by atoms with E-state index < -0.39 is 33.4 Å². The van der Waals surface area contributed by atoms with Crippen molar-refractivity contribution in [3.05, 3.63) is 100 Å². The van der Waals surface area contributed by atoms with Crippen LogP contribution in [0, 0.1) is 10.1 Å². The Morgan fingerprint density at radius 2 is 1.62 bits per heavy atom. The lowest BCUT2D eigenvalue weighted by molar-refractivity contribution is -0.385. The van der Waals surface area contributed by atoms with E-state index in [0.717, 1.165) is 5.56 Å². The van der Waals surface area contributed by atoms with E-state index in [4.69, 9.17) is 4.74 Å². The lowest BCUT2D eigenvalue weighted by Gasteiger charge is -2.10. The predicted octanol–water partition coefficient (Wildman–Crippen LogP) is 1.91. The van der Waals surface area contributed by atoms with Crippen LogP contribution in [0.25, 0.3) is 0 Å². The normalized spacial score (nSPS) is 10.8. The van der Waals surface area contributed by atoms with Gasteiger partial charge in [-0.2, -0.15) is 0 Å². The van der Waals surface area contributed by atoms with Crippen molar-refractivity contribution in [2.24, 2.45) is 0 Å². The third-order valence-corrected chi connectivity index (χ3v) is 5.85. The fourth-order valence-corrected chi connectivity index (χ4v) is 3.83. The molecule has 12 heteroatoms. The molecule has 3 rings (SSSR count). The minimum absolute atomic E-state index is 0.0116. The topological polar surface area (TPSA) is 157 Å². The molecule has 0 spiro atoms. The molecule has 34 heavy (non-hydrogen) atoms. The second-order valence-electron chi connectivity index (χ2n) is 6.85. The highest BCUT2D eigenvalue weighted by Crippen LogP contribution is 2.25. The maximum atomic E-state index is 12.6. The number of hydrogen-bond acceptors (Lipinski definition) is 7. The first kappa shape index (κ1) is 24.4. The summed E-state index contributed by atoms with van der Waals surface area (Å²) in [7, 11) is -3.89. The maximum Gasteiger partial charge on any atom is 0.310 e. The SMILES string of the molecule is O=C(COc1ccccc1[N+](=O)[O-])NNC(=O)c1cccc(S(=O)(=O)NCc2ccccc2)c1. The molecule has 3 N–H and O–H groups in total. The Morgan fingerprint density at radius 1 is 0.912 bits per heavy atom. The summed E-state index contributed by atoms with van der Waals surface area (Å²) in [6.07, 6.45) is 0. The number of amides is 2. The van der Waals surface area contributed by atoms with Crippen molar-refractivity contribution in [1.82, 2.24) is 15.6 Å². The molecule has 0 unspecified atom stereocenters. The number of para-hydroxylation sites is 2. The second kappa shape index (κ2) is 11.0. The largest absolute Gasteiger partial charge is 0.477 e. The summed E-state index contributed by atoms with van der Waals surface area (Å²) in [6.45, 7) is -0.516. The highest BCUT2D eigenvalue weighted by atomic mass is 32.2. The summed E-state index contributed by atoms with van der Waals surface area (Å²) in [6, 6.07) is 19.7. The Hall–Kier alpha value is -4.29. The van der Waals surface area contributed by atoms with Gasteiger partial charge in [0.1, 0.15) is 0 Å². The molecule has 0 aromatic heterocycles. The molecule has 0 aliphatic rings. The summed E-state index contributed by atoms with van der Waals surface area (Å²) >= 11 is 0. The van der Waals surface area contributed by atoms with Crippen molar-refractivity contribution in [3.8, 4) is 5.75 Å². The zero-order valence-corrected chi connectivity index (χ0v) is 18.4. The number of sulfonamides is 1. The van der Waals surface area contributed by atoms with Crippen LogP contribution in [0.2, 0.25) is 0 Å². The minimum atomic E-state index is -3.89. The van der Waals surface area contributed by atoms with Gasteiger partial charge in [0.05, 0.1) is 9.82 Å². The van der Waals surface area contributed by atoms with E-state index in [1.165, 1.54) is 48.5 Å². The van der Waals surface area contributed by atoms with Gasteiger partial charge in [0.2, 0.25) is 10.0 Å². The van der Waals surface area contributed by atoms with E-state index in [1.54, 1.807) is 24.3 Å². The Bertz CT molecular complexity index is 1300. The average Bonchev–Trinajstić information content (AvgIpc) is 2.85. The number of hydrogen-bond donors (Lipinski definition) is 3. The van der Waals surface area contributed by atoms with E-state index >= 15 is 0 Å². The average molecular weight is 484 g/mol. The third kappa shape index (κ3) is 6.60. The second-order valence-corrected chi connectivity index (χ2v) is 8.62. The van der Waals surface area contributed by atoms with Crippen LogP contribution < -0.4 is 20.3 Å². The zero-order chi connectivity index (χ0) is 24.6. The fraction of sp³-hybridized carbons (Fsp3) is 0.0909. The predicted molar refractivity (Wildman–Crippen MR) is 121 cm³/mol. The molecule has 176 valence electrons. The van der Waals surface area contributed by atoms with Crippen LogP contribution in [0.15, 0.2) is 83.8 Å². The number of carbonyl (C=O) groups is 2. The number of nitro groups is 1. The molecule has 3 aromatic carbocycles. The molecule has 0 aliphatic carbocycles. The van der Waals surface area contributed by atoms with Crippen molar-refractivity contribution in [1.29, 1.82) is 0 Å². The Labute approximate surface area is 194 Å². The lowest BCUT2D eigenvalue weighted by atomic mass is 10.2. The van der Waals surface area contributed by atoms with Gasteiger partial charge in [-0.15, -0.1) is 0 Å². The van der Waals surface area contributed by atoms with Crippen molar-refractivity contribution in [3.63, 3.8) is 0 Å². The molecular formula is C22H20N4O7S. The number of ether oxygens (including phenoxy) is 1. The smallest absolute Gasteiger partial charge is 0.310 e. The Balaban J connectivity index is 1.55. The lowest BCUT2D eigenvalue weighted by Crippen LogP contribution is -2.43. The van der Waals surface area contributed by atoms with E-state index in [0.29, 0.717) is 0 Å². The van der Waals surface area contributed by atoms with Crippen molar-refractivity contribution >= 4 is 27.5 Å². The molecule has 0 bridgehead atoms. The summed E-state index contributed by atoms with van der Waals surface area (Å²) in [5.74, 6) is -1.64. The van der Waals surface area contributed by atoms with Gasteiger partial charge in [0.15, 0.2) is 12.4 Å². The standard InChI is InChI=1S/C22H20N4O7S/c27-21(15-33-20-12-5-4-11-19(20)26(29)30)24-25-22(28)17-9-6-10-18(13-17)34(31,32)23-14-16-7-2-1-3-8-16/h1-13,23H,14-15H2,(H,24,27)(H,25,28). The van der Waals surface area contributed by atoms with Crippen LogP contribution in [0.5, 0.6) is 5.75 Å². The van der Waals surface area contributed by atoms with E-state index in [-0.39, 0.29) is 28.4 Å². The number of benzene rings is 3. The summed E-state index contributed by atoms with van der Waals surface area (Å²) in [4.78, 5) is 34.5. The van der Waals surface area contributed by atoms with Gasteiger partial charge < -0.3 is 4.74 Å². The summed E-state index contributed by atoms with van der Waals surface area (Å²) < 4.78 is 32.7. The van der Waals surface area contributed by atoms with Gasteiger partial charge in [-0.05, 0) is 29.8 Å². The number of rotatable bonds is 9. The molecule has 0 radical (unpaired) electrons. The van der Waals surface area contributed by atoms with Crippen molar-refractivity contribution in [2.45, 2.75) is 11.4 Å². The number of hydrazine groups is 1. The van der Waals surface area contributed by atoms with Gasteiger partial charge in [-0.25, -0.2) is 13.1 Å². The first-order valence-electron chi connectivity index (χ1n) is 9.85. The minimum Gasteiger partial charge on any atom is -0.477 e. The Morgan fingerprint density at radius 3 is 2.35 bits per heavy atom. The van der Waals surface area contributed by atoms with Crippen molar-refractivity contribution < 1.29 is 27.7 Å². The molecule has 3 aromatic rings. The van der Waals surface area contributed by atoms with E-state index in [1.807, 2.05) is 6.07 Å². The van der Waals surface area contributed by atoms with Gasteiger partial charge in [-0.3, -0.25) is 30.6 Å². The number of carbonyl (C=O) groups excluding carboxylic acids is 2. The first-order valence-corrected chi connectivity index (χ1v) is 11.3. The third-order valence-electron chi connectivity index (χ3n) is 4.45. The first-order chi connectivity index (χ1) is 16.3. The Kier molecular flexibility index (Phi) is 7.90. The van der Waals surface area contributed by atoms with Gasteiger partial charge >= 0.3 is 5.69 Å². The number of nitro benzene ring substituents is 1. The molecule has 0 fully saturated rings. The number of nitrogens with one attached hydrogen (secondary N) is 3. The monoisotopic (exact) mass is 484 g/mol. The molecule has 0 heterocycles. The highest BCUT2D eigenvalue weighted by molar-refractivity contribution is 7.89. The molecule has 0 atom stereocenters. The van der Waals surface area contributed by atoms with E-state index in [2.05, 4.69) is 15.6 Å². The summed E-state index contributed by atoms with van der Waals surface area (Å²) in [5.41, 5.74) is 4.70. The molecular weight excluding hydrogens is 464 g/mol. The molecule has 0 saturated heterocycles. The summed E-state index contributed by atoms with van der Waals surface area (Å²) in [5, 5.41) is 11.0. The van der Waals surface area contributed by atoms with Crippen LogP contribution in [0.3, 0.4) is 0 Å². The molecule has 0 saturated carbocycles. The highest BCUT2D eigenvalue weighted by Gasteiger charge is 2.18. The van der Waals surface area contributed by atoms with Crippen LogP contribution in [-0.2, 0) is 21.4 Å². The molecule has 2 amide bonds. The van der Waals surface area contributed by atoms with Gasteiger partial charge in [0.25, 0.3) is 11.8 Å². The van der Waals surface area contributed by atoms with Crippen LogP contribution >= 0.6 is 0 Å². The van der Waals surface area contributed by atoms with E-state index in [9.17, 15) is 28.1 Å². The van der Waals surface area contributed by atoms with Crippen LogP contribution in [0.1, 0.15) is 15.9 Å². The van der Waals surface area contributed by atoms with Crippen LogP contribution in [0.4, 0.5) is 5.69 Å². The molecule has 11 nitrogen and oxygen atoms in total. The van der Waals surface area contributed by atoms with Crippen molar-refractivity contribution in [2.75, 3.05) is 6.61 Å². The quantitative estimate of drug-likeness (QED) is 0.309. The van der Waals surface area contributed by atoms with Crippen LogP contribution in [-0.4, -0.2) is 31.8 Å². The van der Waals surface area contributed by atoms with Gasteiger partial charge in [-0.1, -0.05) is 48.5 Å². The van der Waals surface area contributed by atoms with Gasteiger partial charge in [0, 0.05) is 18.2 Å². The number of nitrogens with zero attached hydrogens (tertiary/aromatic N) is 1. The zero-order valence-electron chi connectivity index (χ0n) is 17.6. The maximum absolute atomic E-state index is 12.6.